The van der Waals surface area contributed by atoms with E-state index in [9.17, 15) is 0 Å². The normalized spacial score (nSPS) is 15.3. The van der Waals surface area contributed by atoms with Gasteiger partial charge in [-0.3, -0.25) is 0 Å². The Morgan fingerprint density at radius 1 is 0.364 bits per heavy atom. The van der Waals surface area contributed by atoms with Gasteiger partial charge in [-0.2, -0.15) is 0 Å². The van der Waals surface area contributed by atoms with E-state index in [-0.39, 0.29) is 12.0 Å². The number of hydrogen-bond acceptors (Lipinski definition) is 1. The molecule has 1 aliphatic rings. The van der Waals surface area contributed by atoms with Crippen LogP contribution in [0.25, 0.3) is 71.3 Å². The first-order valence-corrected chi connectivity index (χ1v) is 19.2. The molecule has 55 heavy (non-hydrogen) atoms. The van der Waals surface area contributed by atoms with E-state index in [1.54, 1.807) is 0 Å². The molecule has 1 N–H and O–H groups in total. The van der Waals surface area contributed by atoms with Crippen LogP contribution in [0.15, 0.2) is 218 Å². The number of benzene rings is 9. The van der Waals surface area contributed by atoms with Crippen LogP contribution in [0.2, 0.25) is 0 Å². The zero-order valence-electron chi connectivity index (χ0n) is 30.4. The average molecular weight is 702 g/mol. The maximum Gasteiger partial charge on any atom is 0.0551 e. The van der Waals surface area contributed by atoms with Gasteiger partial charge < -0.3 is 5.32 Å². The molecule has 0 aliphatic heterocycles. The van der Waals surface area contributed by atoms with Gasteiger partial charge in [-0.1, -0.05) is 194 Å². The molecule has 9 aromatic carbocycles. The first-order valence-electron chi connectivity index (χ1n) is 19.2. The molecule has 1 nitrogen and oxygen atoms in total. The SMILES string of the molecule is C1=CC(Nc2cccc(-c3ccccc3)c2)C(c2ccc(-c3ccc4ccc5c6ccccc6ccc5c4c3)cc2-c2ccccc2)C=C1c1ccccc1. The molecule has 2 unspecified atom stereocenters. The summed E-state index contributed by atoms with van der Waals surface area (Å²) in [6.45, 7) is 0. The van der Waals surface area contributed by atoms with E-state index in [4.69, 9.17) is 0 Å². The molecule has 0 radical (unpaired) electrons. The van der Waals surface area contributed by atoms with Crippen molar-refractivity contribution >= 4 is 43.6 Å². The molecule has 260 valence electrons. The minimum atomic E-state index is 0.0358. The lowest BCUT2D eigenvalue weighted by molar-refractivity contribution is 0.760. The van der Waals surface area contributed by atoms with Gasteiger partial charge in [0.15, 0.2) is 0 Å². The lowest BCUT2D eigenvalue weighted by Crippen LogP contribution is -2.27. The van der Waals surface area contributed by atoms with Crippen molar-refractivity contribution in [2.45, 2.75) is 12.0 Å². The van der Waals surface area contributed by atoms with Crippen LogP contribution in [0.4, 0.5) is 5.69 Å². The van der Waals surface area contributed by atoms with Crippen LogP contribution in [0.5, 0.6) is 0 Å². The Hall–Kier alpha value is -6.96. The molecule has 0 spiro atoms. The second-order valence-corrected chi connectivity index (χ2v) is 14.5. The van der Waals surface area contributed by atoms with Crippen LogP contribution in [0.3, 0.4) is 0 Å². The Bertz CT molecular complexity index is 2890. The zero-order valence-corrected chi connectivity index (χ0v) is 30.4. The molecule has 9 aromatic rings. The van der Waals surface area contributed by atoms with Crippen LogP contribution in [-0.2, 0) is 0 Å². The highest BCUT2D eigenvalue weighted by Gasteiger charge is 2.26. The van der Waals surface area contributed by atoms with Crippen molar-refractivity contribution in [2.24, 2.45) is 0 Å². The van der Waals surface area contributed by atoms with E-state index in [1.165, 1.54) is 82.4 Å². The molecule has 1 aliphatic carbocycles. The van der Waals surface area contributed by atoms with E-state index in [1.807, 2.05) is 0 Å². The van der Waals surface area contributed by atoms with E-state index >= 15 is 0 Å². The number of hydrogen-bond donors (Lipinski definition) is 1. The summed E-state index contributed by atoms with van der Waals surface area (Å²) in [6, 6.07) is 72.9. The molecule has 0 heterocycles. The summed E-state index contributed by atoms with van der Waals surface area (Å²) in [7, 11) is 0. The fraction of sp³-hybridized carbons (Fsp3) is 0.0370. The standard InChI is InChI=1S/C54H39N/c1-4-13-37(14-5-1)42-20-12-21-46(33-42)55-54-32-28-43(38-15-6-2-7-16-38)36-53(54)50-31-27-45(35-51(50)39-17-8-3-9-18-39)44-24-23-41-26-29-48-47-22-11-10-19-40(47)25-30-49(48)52(41)34-44/h1-36,53-55H. The lowest BCUT2D eigenvalue weighted by Gasteiger charge is -2.30. The number of fused-ring (bicyclic) bond motifs is 5. The number of allylic oxidation sites excluding steroid dienone is 2. The highest BCUT2D eigenvalue weighted by molar-refractivity contribution is 6.17. The average Bonchev–Trinajstić information content (AvgIpc) is 3.27. The minimum absolute atomic E-state index is 0.0358. The predicted octanol–water partition coefficient (Wildman–Crippen LogP) is 14.4. The first kappa shape index (κ1) is 32.7. The third-order valence-electron chi connectivity index (χ3n) is 11.2. The molecule has 0 saturated heterocycles. The Kier molecular flexibility index (Phi) is 8.39. The maximum absolute atomic E-state index is 3.95. The lowest BCUT2D eigenvalue weighted by atomic mass is 9.79. The van der Waals surface area contributed by atoms with Gasteiger partial charge in [0.25, 0.3) is 0 Å². The first-order chi connectivity index (χ1) is 27.2. The van der Waals surface area contributed by atoms with Gasteiger partial charge in [-0.15, -0.1) is 0 Å². The fourth-order valence-electron chi connectivity index (χ4n) is 8.43. The molecule has 2 atom stereocenters. The van der Waals surface area contributed by atoms with Crippen molar-refractivity contribution in [3.05, 3.63) is 230 Å². The van der Waals surface area contributed by atoms with Crippen molar-refractivity contribution in [3.63, 3.8) is 0 Å². The van der Waals surface area contributed by atoms with Gasteiger partial charge in [0.1, 0.15) is 0 Å². The van der Waals surface area contributed by atoms with Crippen molar-refractivity contribution in [2.75, 3.05) is 5.32 Å². The molecule has 10 rings (SSSR count). The second kappa shape index (κ2) is 14.1. The summed E-state index contributed by atoms with van der Waals surface area (Å²) in [6.07, 6.45) is 7.09. The van der Waals surface area contributed by atoms with Crippen LogP contribution in [-0.4, -0.2) is 6.04 Å². The fourth-order valence-corrected chi connectivity index (χ4v) is 8.43. The quantitative estimate of drug-likeness (QED) is 0.163. The third-order valence-corrected chi connectivity index (χ3v) is 11.2. The summed E-state index contributed by atoms with van der Waals surface area (Å²) in [4.78, 5) is 0. The highest BCUT2D eigenvalue weighted by Crippen LogP contribution is 2.41. The van der Waals surface area contributed by atoms with Gasteiger partial charge in [-0.25, -0.2) is 0 Å². The molecule has 0 bridgehead atoms. The van der Waals surface area contributed by atoms with Crippen molar-refractivity contribution < 1.29 is 0 Å². The van der Waals surface area contributed by atoms with E-state index in [0.717, 1.165) is 5.69 Å². The van der Waals surface area contributed by atoms with E-state index < -0.39 is 0 Å². The number of anilines is 1. The Labute approximate surface area is 322 Å². The summed E-state index contributed by atoms with van der Waals surface area (Å²) in [5.41, 5.74) is 12.2. The van der Waals surface area contributed by atoms with Crippen molar-refractivity contribution in [1.82, 2.24) is 0 Å². The molecular weight excluding hydrogens is 663 g/mol. The largest absolute Gasteiger partial charge is 0.378 e. The minimum Gasteiger partial charge on any atom is -0.378 e. The van der Waals surface area contributed by atoms with Crippen LogP contribution in [0, 0.1) is 0 Å². The van der Waals surface area contributed by atoms with E-state index in [2.05, 4.69) is 224 Å². The summed E-state index contributed by atoms with van der Waals surface area (Å²) >= 11 is 0. The zero-order chi connectivity index (χ0) is 36.6. The Morgan fingerprint density at radius 3 is 1.73 bits per heavy atom. The van der Waals surface area contributed by atoms with Crippen LogP contribution < -0.4 is 5.32 Å². The molecule has 0 fully saturated rings. The number of nitrogens with one attached hydrogen (secondary N) is 1. The molecule has 0 saturated carbocycles. The summed E-state index contributed by atoms with van der Waals surface area (Å²) in [5, 5.41) is 11.6. The van der Waals surface area contributed by atoms with Crippen LogP contribution in [0.1, 0.15) is 17.0 Å². The third kappa shape index (κ3) is 6.30. The highest BCUT2D eigenvalue weighted by atomic mass is 14.9. The topological polar surface area (TPSA) is 12.0 Å². The molecule has 0 aromatic heterocycles. The van der Waals surface area contributed by atoms with Crippen molar-refractivity contribution in [3.8, 4) is 33.4 Å². The van der Waals surface area contributed by atoms with Crippen LogP contribution >= 0.6 is 0 Å². The monoisotopic (exact) mass is 701 g/mol. The Balaban J connectivity index is 1.10. The predicted molar refractivity (Wildman–Crippen MR) is 235 cm³/mol. The van der Waals surface area contributed by atoms with E-state index in [0.29, 0.717) is 0 Å². The van der Waals surface area contributed by atoms with Gasteiger partial charge in [0.2, 0.25) is 0 Å². The number of rotatable bonds is 7. The Morgan fingerprint density at radius 2 is 0.945 bits per heavy atom. The van der Waals surface area contributed by atoms with Gasteiger partial charge in [-0.05, 0) is 107 Å². The van der Waals surface area contributed by atoms with Gasteiger partial charge in [0, 0.05) is 11.6 Å². The van der Waals surface area contributed by atoms with Gasteiger partial charge >= 0.3 is 0 Å². The summed E-state index contributed by atoms with van der Waals surface area (Å²) < 4.78 is 0. The molecule has 0 amide bonds. The summed E-state index contributed by atoms with van der Waals surface area (Å²) in [5.74, 6) is 0.0682. The van der Waals surface area contributed by atoms with Gasteiger partial charge in [0.05, 0.1) is 6.04 Å². The smallest absolute Gasteiger partial charge is 0.0551 e. The van der Waals surface area contributed by atoms with Crippen molar-refractivity contribution in [1.29, 1.82) is 0 Å². The molecule has 1 heteroatoms. The molecular formula is C54H39N. The second-order valence-electron chi connectivity index (χ2n) is 14.5. The maximum atomic E-state index is 3.95.